The van der Waals surface area contributed by atoms with E-state index in [-0.39, 0.29) is 0 Å². The molecule has 1 aliphatic heterocycles. The fraction of sp³-hybridized carbons (Fsp3) is 0.500. The van der Waals surface area contributed by atoms with E-state index in [4.69, 9.17) is 27.9 Å². The first-order valence-corrected chi connectivity index (χ1v) is 6.39. The first kappa shape index (κ1) is 12.2. The molecular weight excluding hydrogens is 245 g/mol. The standard InChI is InChI=1S/C12H15Cl2NO/c13-11-5-1-3-9(12(11)14)7-15-8-10-4-2-6-16-10/h1,3,5,10,15H,2,4,6-8H2/p+1/t10-/m1/s1. The third-order valence-corrected chi connectivity index (χ3v) is 3.71. The molecule has 2 N–H and O–H groups in total. The van der Waals surface area contributed by atoms with Crippen molar-refractivity contribution < 1.29 is 10.1 Å². The summed E-state index contributed by atoms with van der Waals surface area (Å²) < 4.78 is 5.55. The van der Waals surface area contributed by atoms with E-state index in [0.29, 0.717) is 16.1 Å². The van der Waals surface area contributed by atoms with Crippen molar-refractivity contribution in [3.8, 4) is 0 Å². The maximum Gasteiger partial charge on any atom is 0.106 e. The molecule has 1 heterocycles. The van der Waals surface area contributed by atoms with Crippen LogP contribution in [0.4, 0.5) is 0 Å². The Morgan fingerprint density at radius 1 is 1.38 bits per heavy atom. The van der Waals surface area contributed by atoms with Crippen molar-refractivity contribution in [1.82, 2.24) is 0 Å². The van der Waals surface area contributed by atoms with Crippen molar-refractivity contribution in [2.24, 2.45) is 0 Å². The van der Waals surface area contributed by atoms with E-state index in [1.165, 1.54) is 12.8 Å². The van der Waals surface area contributed by atoms with Crippen LogP contribution in [0.2, 0.25) is 10.0 Å². The molecule has 0 amide bonds. The minimum atomic E-state index is 0.415. The summed E-state index contributed by atoms with van der Waals surface area (Å²) in [5, 5.41) is 3.53. The van der Waals surface area contributed by atoms with Gasteiger partial charge in [-0.3, -0.25) is 0 Å². The van der Waals surface area contributed by atoms with Gasteiger partial charge in [0, 0.05) is 12.2 Å². The molecular formula is C12H16Cl2NO+. The lowest BCUT2D eigenvalue weighted by Gasteiger charge is -2.09. The van der Waals surface area contributed by atoms with Crippen LogP contribution in [-0.2, 0) is 11.3 Å². The lowest BCUT2D eigenvalue weighted by molar-refractivity contribution is -0.676. The summed E-state index contributed by atoms with van der Waals surface area (Å²) in [5.41, 5.74) is 1.09. The maximum absolute atomic E-state index is 6.11. The van der Waals surface area contributed by atoms with Crippen LogP contribution in [0.5, 0.6) is 0 Å². The summed E-state index contributed by atoms with van der Waals surface area (Å²) in [6.45, 7) is 2.78. The molecule has 88 valence electrons. The van der Waals surface area contributed by atoms with Gasteiger partial charge in [0.1, 0.15) is 19.2 Å². The highest BCUT2D eigenvalue weighted by Gasteiger charge is 2.17. The normalized spacial score (nSPS) is 20.2. The Balaban J connectivity index is 1.82. The Labute approximate surface area is 106 Å². The molecule has 1 aliphatic rings. The van der Waals surface area contributed by atoms with Crippen LogP contribution in [0.3, 0.4) is 0 Å². The molecule has 0 unspecified atom stereocenters. The van der Waals surface area contributed by atoms with Crippen molar-refractivity contribution >= 4 is 23.2 Å². The zero-order valence-electron chi connectivity index (χ0n) is 9.09. The number of rotatable bonds is 4. The highest BCUT2D eigenvalue weighted by atomic mass is 35.5. The molecule has 4 heteroatoms. The van der Waals surface area contributed by atoms with Gasteiger partial charge < -0.3 is 10.1 Å². The van der Waals surface area contributed by atoms with E-state index < -0.39 is 0 Å². The number of ether oxygens (including phenoxy) is 1. The van der Waals surface area contributed by atoms with Gasteiger partial charge >= 0.3 is 0 Å². The first-order chi connectivity index (χ1) is 7.77. The summed E-state index contributed by atoms with van der Waals surface area (Å²) in [5.74, 6) is 0. The third-order valence-electron chi connectivity index (χ3n) is 2.85. The molecule has 0 radical (unpaired) electrons. The van der Waals surface area contributed by atoms with Gasteiger partial charge in [-0.25, -0.2) is 0 Å². The van der Waals surface area contributed by atoms with Crippen molar-refractivity contribution in [1.29, 1.82) is 0 Å². The molecule has 1 fully saturated rings. The number of nitrogens with two attached hydrogens (primary N) is 1. The smallest absolute Gasteiger partial charge is 0.106 e. The largest absolute Gasteiger partial charge is 0.372 e. The van der Waals surface area contributed by atoms with Gasteiger partial charge in [0.2, 0.25) is 0 Å². The Kier molecular flexibility index (Phi) is 4.47. The Morgan fingerprint density at radius 2 is 2.25 bits per heavy atom. The zero-order chi connectivity index (χ0) is 11.4. The number of quaternary nitrogens is 1. The molecule has 2 rings (SSSR count). The number of halogens is 2. The Hall–Kier alpha value is -0.280. The molecule has 0 aromatic heterocycles. The average molecular weight is 261 g/mol. The van der Waals surface area contributed by atoms with Gasteiger partial charge in [-0.2, -0.15) is 0 Å². The zero-order valence-corrected chi connectivity index (χ0v) is 10.6. The number of benzene rings is 1. The predicted molar refractivity (Wildman–Crippen MR) is 65.9 cm³/mol. The Bertz CT molecular complexity index is 351. The number of hydrogen-bond acceptors (Lipinski definition) is 1. The molecule has 2 nitrogen and oxygen atoms in total. The van der Waals surface area contributed by atoms with Crippen molar-refractivity contribution in [3.63, 3.8) is 0 Å². The van der Waals surface area contributed by atoms with E-state index in [9.17, 15) is 0 Å². The van der Waals surface area contributed by atoms with Gasteiger partial charge in [-0.05, 0) is 18.9 Å². The van der Waals surface area contributed by atoms with Gasteiger partial charge in [-0.1, -0.05) is 35.3 Å². The van der Waals surface area contributed by atoms with Crippen molar-refractivity contribution in [2.45, 2.75) is 25.5 Å². The van der Waals surface area contributed by atoms with Crippen molar-refractivity contribution in [2.75, 3.05) is 13.2 Å². The lowest BCUT2D eigenvalue weighted by Crippen LogP contribution is -2.84. The molecule has 1 aromatic rings. The molecule has 0 aliphatic carbocycles. The molecule has 16 heavy (non-hydrogen) atoms. The van der Waals surface area contributed by atoms with Gasteiger partial charge in [0.25, 0.3) is 0 Å². The van der Waals surface area contributed by atoms with Crippen LogP contribution in [0.25, 0.3) is 0 Å². The second-order valence-corrected chi connectivity index (χ2v) is 4.86. The number of hydrogen-bond donors (Lipinski definition) is 1. The third kappa shape index (κ3) is 3.11. The molecule has 1 atom stereocenters. The molecule has 0 saturated carbocycles. The quantitative estimate of drug-likeness (QED) is 0.883. The van der Waals surface area contributed by atoms with E-state index in [0.717, 1.165) is 25.3 Å². The lowest BCUT2D eigenvalue weighted by atomic mass is 10.2. The van der Waals surface area contributed by atoms with Crippen LogP contribution in [0.1, 0.15) is 18.4 Å². The van der Waals surface area contributed by atoms with E-state index in [1.54, 1.807) is 0 Å². The minimum Gasteiger partial charge on any atom is -0.372 e. The Morgan fingerprint density at radius 3 is 3.00 bits per heavy atom. The SMILES string of the molecule is Clc1cccc(C[NH2+]C[C@H]2CCCO2)c1Cl. The summed E-state index contributed by atoms with van der Waals surface area (Å²) in [6.07, 6.45) is 2.79. The molecule has 0 spiro atoms. The summed E-state index contributed by atoms with van der Waals surface area (Å²) in [4.78, 5) is 0. The highest BCUT2D eigenvalue weighted by molar-refractivity contribution is 6.42. The first-order valence-electron chi connectivity index (χ1n) is 5.63. The van der Waals surface area contributed by atoms with Crippen LogP contribution in [-0.4, -0.2) is 19.3 Å². The minimum absolute atomic E-state index is 0.415. The van der Waals surface area contributed by atoms with Crippen LogP contribution >= 0.6 is 23.2 Å². The summed E-state index contributed by atoms with van der Waals surface area (Å²) in [7, 11) is 0. The van der Waals surface area contributed by atoms with Crippen molar-refractivity contribution in [3.05, 3.63) is 33.8 Å². The monoisotopic (exact) mass is 260 g/mol. The van der Waals surface area contributed by atoms with Gasteiger partial charge in [-0.15, -0.1) is 0 Å². The van der Waals surface area contributed by atoms with E-state index in [2.05, 4.69) is 5.32 Å². The van der Waals surface area contributed by atoms with Crippen LogP contribution < -0.4 is 5.32 Å². The second kappa shape index (κ2) is 5.87. The maximum atomic E-state index is 6.11. The predicted octanol–water partition coefficient (Wildman–Crippen LogP) is 2.24. The summed E-state index contributed by atoms with van der Waals surface area (Å²) >= 11 is 12.1. The van der Waals surface area contributed by atoms with Crippen LogP contribution in [0, 0.1) is 0 Å². The molecule has 1 aromatic carbocycles. The highest BCUT2D eigenvalue weighted by Crippen LogP contribution is 2.24. The topological polar surface area (TPSA) is 25.8 Å². The fourth-order valence-corrected chi connectivity index (χ4v) is 2.36. The van der Waals surface area contributed by atoms with Gasteiger partial charge in [0.15, 0.2) is 0 Å². The second-order valence-electron chi connectivity index (χ2n) is 4.08. The van der Waals surface area contributed by atoms with Gasteiger partial charge in [0.05, 0.1) is 10.0 Å². The van der Waals surface area contributed by atoms with E-state index >= 15 is 0 Å². The van der Waals surface area contributed by atoms with E-state index in [1.807, 2.05) is 18.2 Å². The summed E-state index contributed by atoms with van der Waals surface area (Å²) in [6, 6.07) is 5.76. The fourth-order valence-electron chi connectivity index (χ4n) is 1.96. The molecule has 1 saturated heterocycles. The molecule has 0 bridgehead atoms. The average Bonchev–Trinajstić information content (AvgIpc) is 2.77. The van der Waals surface area contributed by atoms with Crippen LogP contribution in [0.15, 0.2) is 18.2 Å².